The summed E-state index contributed by atoms with van der Waals surface area (Å²) in [5.41, 5.74) is 1.31. The normalized spacial score (nSPS) is 11.0. The summed E-state index contributed by atoms with van der Waals surface area (Å²) in [4.78, 5) is 0. The van der Waals surface area contributed by atoms with Gasteiger partial charge in [-0.3, -0.25) is 0 Å². The Hall–Kier alpha value is -1.02. The van der Waals surface area contributed by atoms with Crippen molar-refractivity contribution in [1.29, 1.82) is 0 Å². The second-order valence-electron chi connectivity index (χ2n) is 4.10. The summed E-state index contributed by atoms with van der Waals surface area (Å²) < 4.78 is 5.68. The SMILES string of the molecule is CC(C)Oc1ccc2c(CBr)cccc2c1. The fourth-order valence-corrected chi connectivity index (χ4v) is 2.28. The van der Waals surface area contributed by atoms with E-state index in [2.05, 4.69) is 46.3 Å². The molecule has 0 fully saturated rings. The van der Waals surface area contributed by atoms with Gasteiger partial charge in [-0.15, -0.1) is 0 Å². The number of benzene rings is 2. The zero-order valence-corrected chi connectivity index (χ0v) is 11.1. The van der Waals surface area contributed by atoms with E-state index in [9.17, 15) is 0 Å². The van der Waals surface area contributed by atoms with Crippen molar-refractivity contribution in [3.05, 3.63) is 42.0 Å². The van der Waals surface area contributed by atoms with E-state index >= 15 is 0 Å². The van der Waals surface area contributed by atoms with Gasteiger partial charge in [-0.1, -0.05) is 40.2 Å². The van der Waals surface area contributed by atoms with Crippen molar-refractivity contribution in [1.82, 2.24) is 0 Å². The molecular weight excluding hydrogens is 264 g/mol. The van der Waals surface area contributed by atoms with E-state index in [0.29, 0.717) is 0 Å². The molecule has 0 aliphatic carbocycles. The van der Waals surface area contributed by atoms with E-state index in [1.54, 1.807) is 0 Å². The lowest BCUT2D eigenvalue weighted by Crippen LogP contribution is -2.05. The molecule has 84 valence electrons. The van der Waals surface area contributed by atoms with Gasteiger partial charge in [0.25, 0.3) is 0 Å². The lowest BCUT2D eigenvalue weighted by atomic mass is 10.1. The number of fused-ring (bicyclic) bond motifs is 1. The van der Waals surface area contributed by atoms with Crippen LogP contribution in [0.3, 0.4) is 0 Å². The Labute approximate surface area is 105 Å². The molecule has 0 aromatic heterocycles. The number of halogens is 1. The summed E-state index contributed by atoms with van der Waals surface area (Å²) in [5.74, 6) is 0.939. The van der Waals surface area contributed by atoms with Gasteiger partial charge >= 0.3 is 0 Å². The Morgan fingerprint density at radius 1 is 1.19 bits per heavy atom. The van der Waals surface area contributed by atoms with Crippen molar-refractivity contribution in [3.8, 4) is 5.75 Å². The molecule has 2 aromatic rings. The molecule has 0 bridgehead atoms. The van der Waals surface area contributed by atoms with Gasteiger partial charge in [-0.05, 0) is 42.3 Å². The molecule has 0 aliphatic rings. The van der Waals surface area contributed by atoms with Crippen molar-refractivity contribution >= 4 is 26.7 Å². The molecule has 0 aliphatic heterocycles. The van der Waals surface area contributed by atoms with Crippen molar-refractivity contribution in [3.63, 3.8) is 0 Å². The van der Waals surface area contributed by atoms with Crippen LogP contribution in [-0.4, -0.2) is 6.10 Å². The van der Waals surface area contributed by atoms with Crippen LogP contribution in [0, 0.1) is 0 Å². The summed E-state index contributed by atoms with van der Waals surface area (Å²) >= 11 is 3.51. The average molecular weight is 279 g/mol. The predicted molar refractivity (Wildman–Crippen MR) is 72.3 cm³/mol. The van der Waals surface area contributed by atoms with Crippen LogP contribution in [0.2, 0.25) is 0 Å². The number of hydrogen-bond acceptors (Lipinski definition) is 1. The molecule has 0 atom stereocenters. The predicted octanol–water partition coefficient (Wildman–Crippen LogP) is 4.52. The Morgan fingerprint density at radius 3 is 2.69 bits per heavy atom. The van der Waals surface area contributed by atoms with Gasteiger partial charge in [-0.2, -0.15) is 0 Å². The zero-order chi connectivity index (χ0) is 11.5. The minimum Gasteiger partial charge on any atom is -0.491 e. The van der Waals surface area contributed by atoms with E-state index in [1.807, 2.05) is 19.9 Å². The van der Waals surface area contributed by atoms with E-state index < -0.39 is 0 Å². The molecule has 0 radical (unpaired) electrons. The van der Waals surface area contributed by atoms with Gasteiger partial charge < -0.3 is 4.74 Å². The maximum Gasteiger partial charge on any atom is 0.120 e. The van der Waals surface area contributed by atoms with E-state index in [0.717, 1.165) is 11.1 Å². The van der Waals surface area contributed by atoms with Crippen LogP contribution in [0.15, 0.2) is 36.4 Å². The summed E-state index contributed by atoms with van der Waals surface area (Å²) in [6, 6.07) is 12.6. The molecule has 0 heterocycles. The van der Waals surface area contributed by atoms with Crippen LogP contribution in [0.1, 0.15) is 19.4 Å². The lowest BCUT2D eigenvalue weighted by Gasteiger charge is -2.11. The summed E-state index contributed by atoms with van der Waals surface area (Å²) in [6.45, 7) is 4.08. The minimum atomic E-state index is 0.219. The van der Waals surface area contributed by atoms with Crippen LogP contribution in [0.5, 0.6) is 5.75 Å². The second-order valence-corrected chi connectivity index (χ2v) is 4.66. The molecular formula is C14H15BrO. The topological polar surface area (TPSA) is 9.23 Å². The molecule has 0 unspecified atom stereocenters. The standard InChI is InChI=1S/C14H15BrO/c1-10(2)16-13-6-7-14-11(8-13)4-3-5-12(14)9-15/h3-8,10H,9H2,1-2H3. The van der Waals surface area contributed by atoms with Crippen molar-refractivity contribution in [2.45, 2.75) is 25.3 Å². The highest BCUT2D eigenvalue weighted by atomic mass is 79.9. The zero-order valence-electron chi connectivity index (χ0n) is 9.53. The van der Waals surface area contributed by atoms with Gasteiger partial charge in [0.2, 0.25) is 0 Å². The van der Waals surface area contributed by atoms with Gasteiger partial charge in [0.05, 0.1) is 6.10 Å². The highest BCUT2D eigenvalue weighted by Gasteiger charge is 2.02. The third-order valence-corrected chi connectivity index (χ3v) is 3.06. The summed E-state index contributed by atoms with van der Waals surface area (Å²) in [7, 11) is 0. The third-order valence-electron chi connectivity index (χ3n) is 2.46. The molecule has 2 rings (SSSR count). The fraction of sp³-hybridized carbons (Fsp3) is 0.286. The Morgan fingerprint density at radius 2 is 2.00 bits per heavy atom. The lowest BCUT2D eigenvalue weighted by molar-refractivity contribution is 0.243. The second kappa shape index (κ2) is 4.88. The molecule has 0 amide bonds. The monoisotopic (exact) mass is 278 g/mol. The van der Waals surface area contributed by atoms with Crippen molar-refractivity contribution < 1.29 is 4.74 Å². The van der Waals surface area contributed by atoms with Gasteiger partial charge in [0, 0.05) is 5.33 Å². The van der Waals surface area contributed by atoms with Crippen LogP contribution >= 0.6 is 15.9 Å². The molecule has 2 aromatic carbocycles. The average Bonchev–Trinajstić information content (AvgIpc) is 2.27. The quantitative estimate of drug-likeness (QED) is 0.750. The smallest absolute Gasteiger partial charge is 0.120 e. The summed E-state index contributed by atoms with van der Waals surface area (Å²) in [6.07, 6.45) is 0.219. The van der Waals surface area contributed by atoms with Crippen LogP contribution < -0.4 is 4.74 Å². The molecule has 2 heteroatoms. The molecule has 1 nitrogen and oxygen atoms in total. The molecule has 0 N–H and O–H groups in total. The molecule has 0 spiro atoms. The first kappa shape index (κ1) is 11.5. The fourth-order valence-electron chi connectivity index (χ4n) is 1.79. The first-order valence-electron chi connectivity index (χ1n) is 5.45. The Bertz CT molecular complexity index is 491. The van der Waals surface area contributed by atoms with E-state index in [-0.39, 0.29) is 6.10 Å². The van der Waals surface area contributed by atoms with Crippen LogP contribution in [-0.2, 0) is 5.33 Å². The molecule has 0 saturated heterocycles. The Balaban J connectivity index is 2.47. The number of rotatable bonds is 3. The highest BCUT2D eigenvalue weighted by molar-refractivity contribution is 9.08. The molecule has 0 saturated carbocycles. The minimum absolute atomic E-state index is 0.219. The Kier molecular flexibility index (Phi) is 3.49. The first-order chi connectivity index (χ1) is 7.70. The maximum absolute atomic E-state index is 5.68. The van der Waals surface area contributed by atoms with E-state index in [1.165, 1.54) is 16.3 Å². The number of ether oxygens (including phenoxy) is 1. The van der Waals surface area contributed by atoms with Gasteiger partial charge in [0.15, 0.2) is 0 Å². The van der Waals surface area contributed by atoms with Gasteiger partial charge in [0.1, 0.15) is 5.75 Å². The first-order valence-corrected chi connectivity index (χ1v) is 6.57. The van der Waals surface area contributed by atoms with Crippen molar-refractivity contribution in [2.75, 3.05) is 0 Å². The van der Waals surface area contributed by atoms with E-state index in [4.69, 9.17) is 4.74 Å². The summed E-state index contributed by atoms with van der Waals surface area (Å²) in [5, 5.41) is 3.40. The molecule has 16 heavy (non-hydrogen) atoms. The highest BCUT2D eigenvalue weighted by Crippen LogP contribution is 2.25. The number of hydrogen-bond donors (Lipinski definition) is 0. The van der Waals surface area contributed by atoms with Crippen molar-refractivity contribution in [2.24, 2.45) is 0 Å². The van der Waals surface area contributed by atoms with Gasteiger partial charge in [-0.25, -0.2) is 0 Å². The third kappa shape index (κ3) is 2.38. The van der Waals surface area contributed by atoms with Crippen LogP contribution in [0.4, 0.5) is 0 Å². The number of alkyl halides is 1. The van der Waals surface area contributed by atoms with Crippen LogP contribution in [0.25, 0.3) is 10.8 Å². The maximum atomic E-state index is 5.68. The largest absolute Gasteiger partial charge is 0.491 e.